The molecule has 0 bridgehead atoms. The minimum absolute atomic E-state index is 0.00669. The zero-order valence-corrected chi connectivity index (χ0v) is 23.7. The van der Waals surface area contributed by atoms with Crippen LogP contribution in [0.25, 0.3) is 22.4 Å². The Kier molecular flexibility index (Phi) is 8.98. The van der Waals surface area contributed by atoms with Crippen LogP contribution < -0.4 is 5.32 Å². The highest BCUT2D eigenvalue weighted by Gasteiger charge is 2.32. The molecule has 1 fully saturated rings. The quantitative estimate of drug-likeness (QED) is 0.228. The van der Waals surface area contributed by atoms with Gasteiger partial charge in [-0.1, -0.05) is 62.4 Å². The van der Waals surface area contributed by atoms with Crippen molar-refractivity contribution in [2.45, 2.75) is 64.1 Å². The van der Waals surface area contributed by atoms with Crippen LogP contribution in [0.5, 0.6) is 0 Å². The summed E-state index contributed by atoms with van der Waals surface area (Å²) in [5.41, 5.74) is 5.54. The summed E-state index contributed by atoms with van der Waals surface area (Å²) in [5.74, 6) is -0.535. The largest absolute Gasteiger partial charge is 0.393 e. The number of anilines is 1. The van der Waals surface area contributed by atoms with Crippen LogP contribution in [-0.4, -0.2) is 41.2 Å². The molecule has 41 heavy (non-hydrogen) atoms. The third kappa shape index (κ3) is 6.43. The molecular formula is C34H37FN2O4. The Morgan fingerprint density at radius 1 is 1.00 bits per heavy atom. The zero-order valence-electron chi connectivity index (χ0n) is 23.7. The molecule has 1 unspecified atom stereocenters. The van der Waals surface area contributed by atoms with Crippen LogP contribution in [0.3, 0.4) is 0 Å². The fraction of sp³-hybridized carbons (Fsp3) is 0.324. The van der Waals surface area contributed by atoms with E-state index in [1.54, 1.807) is 19.2 Å². The number of nitrogens with zero attached hydrogens (tertiary/aromatic N) is 1. The Balaban J connectivity index is 1.69. The lowest BCUT2D eigenvalue weighted by Crippen LogP contribution is -2.37. The lowest BCUT2D eigenvalue weighted by atomic mass is 9.94. The molecule has 0 saturated carbocycles. The number of benzene rings is 3. The van der Waals surface area contributed by atoms with Crippen LogP contribution in [0, 0.1) is 5.82 Å². The second-order valence-corrected chi connectivity index (χ2v) is 10.8. The van der Waals surface area contributed by atoms with Gasteiger partial charge in [-0.15, -0.1) is 0 Å². The van der Waals surface area contributed by atoms with Crippen molar-refractivity contribution < 1.29 is 23.8 Å². The monoisotopic (exact) mass is 556 g/mol. The maximum atomic E-state index is 14.2. The average molecular weight is 557 g/mol. The first-order valence-corrected chi connectivity index (χ1v) is 14.2. The maximum absolute atomic E-state index is 14.2. The van der Waals surface area contributed by atoms with E-state index in [4.69, 9.17) is 9.47 Å². The molecule has 2 N–H and O–H groups in total. The normalized spacial score (nSPS) is 18.9. The molecular weight excluding hydrogens is 519 g/mol. The van der Waals surface area contributed by atoms with Gasteiger partial charge >= 0.3 is 0 Å². The number of aliphatic hydroxyl groups is 1. The first-order valence-electron chi connectivity index (χ1n) is 14.2. The van der Waals surface area contributed by atoms with Crippen LogP contribution in [0.4, 0.5) is 10.1 Å². The average Bonchev–Trinajstić information content (AvgIpc) is 3.33. The predicted octanol–water partition coefficient (Wildman–Crippen LogP) is 7.24. The number of rotatable bonds is 9. The van der Waals surface area contributed by atoms with Crippen LogP contribution in [-0.2, 0) is 16.0 Å². The number of ether oxygens (including phenoxy) is 2. The molecule has 1 aliphatic rings. The van der Waals surface area contributed by atoms with Gasteiger partial charge < -0.3 is 24.5 Å². The summed E-state index contributed by atoms with van der Waals surface area (Å²) in [7, 11) is 1.58. The van der Waals surface area contributed by atoms with Crippen LogP contribution >= 0.6 is 0 Å². The third-order valence-electron chi connectivity index (χ3n) is 7.57. The van der Waals surface area contributed by atoms with Crippen molar-refractivity contribution in [2.24, 2.45) is 0 Å². The smallest absolute Gasteiger partial charge is 0.258 e. The Labute approximate surface area is 240 Å². The molecule has 214 valence electrons. The Hall–Kier alpha value is -3.78. The summed E-state index contributed by atoms with van der Waals surface area (Å²) in [6.45, 7) is 4.69. The number of methoxy groups -OCH3 is 1. The molecule has 5 rings (SSSR count). The molecule has 4 aromatic rings. The Bertz CT molecular complexity index is 1450. The molecule has 2 heterocycles. The van der Waals surface area contributed by atoms with Crippen molar-refractivity contribution in [2.75, 3.05) is 12.4 Å². The van der Waals surface area contributed by atoms with Gasteiger partial charge in [-0.25, -0.2) is 4.39 Å². The van der Waals surface area contributed by atoms with Gasteiger partial charge in [0, 0.05) is 37.0 Å². The summed E-state index contributed by atoms with van der Waals surface area (Å²) in [6, 6.07) is 25.7. The van der Waals surface area contributed by atoms with E-state index < -0.39 is 12.4 Å². The van der Waals surface area contributed by atoms with Crippen molar-refractivity contribution in [1.82, 2.24) is 4.57 Å². The lowest BCUT2D eigenvalue weighted by molar-refractivity contribution is -0.205. The standard InChI is InChI=1S/C34H37FN2O4/c1-22(2)32-31(34(39)36-26-12-8-5-9-13-26)30(23-10-6-4-7-11-23)33(24-14-16-25(35)17-15-24)37(32)19-18-28-20-27(38)21-29(40-3)41-28/h4-17,22,27-29,38H,18-21H2,1-3H3,(H,36,39)/t27-,28?,29-/m1/s1. The molecule has 0 spiro atoms. The number of nitrogens with one attached hydrogen (secondary N) is 1. The summed E-state index contributed by atoms with van der Waals surface area (Å²) >= 11 is 0. The fourth-order valence-corrected chi connectivity index (χ4v) is 5.77. The summed E-state index contributed by atoms with van der Waals surface area (Å²) in [6.07, 6.45) is 0.383. The van der Waals surface area contributed by atoms with Crippen molar-refractivity contribution in [1.29, 1.82) is 0 Å². The lowest BCUT2D eigenvalue weighted by Gasteiger charge is -2.32. The van der Waals surface area contributed by atoms with Crippen molar-refractivity contribution in [3.8, 4) is 22.4 Å². The highest BCUT2D eigenvalue weighted by Crippen LogP contribution is 2.43. The molecule has 7 heteroatoms. The summed E-state index contributed by atoms with van der Waals surface area (Å²) in [5, 5.41) is 13.5. The van der Waals surface area contributed by atoms with Crippen LogP contribution in [0.15, 0.2) is 84.9 Å². The maximum Gasteiger partial charge on any atom is 0.258 e. The van der Waals surface area contributed by atoms with E-state index >= 15 is 0 Å². The van der Waals surface area contributed by atoms with E-state index in [2.05, 4.69) is 23.7 Å². The molecule has 6 nitrogen and oxygen atoms in total. The molecule has 1 aromatic heterocycles. The number of carbonyl (C=O) groups excluding carboxylic acids is 1. The second kappa shape index (κ2) is 12.8. The van der Waals surface area contributed by atoms with Gasteiger partial charge in [0.1, 0.15) is 5.82 Å². The highest BCUT2D eigenvalue weighted by molar-refractivity contribution is 6.12. The van der Waals surface area contributed by atoms with E-state index in [-0.39, 0.29) is 23.7 Å². The van der Waals surface area contributed by atoms with Crippen molar-refractivity contribution >= 4 is 11.6 Å². The summed E-state index contributed by atoms with van der Waals surface area (Å²) < 4.78 is 27.8. The molecule has 3 aromatic carbocycles. The molecule has 1 saturated heterocycles. The number of hydrogen-bond donors (Lipinski definition) is 2. The molecule has 0 aliphatic carbocycles. The number of halogens is 1. The van der Waals surface area contributed by atoms with Gasteiger partial charge in [0.05, 0.1) is 23.5 Å². The number of aliphatic hydroxyl groups excluding tert-OH is 1. The number of aromatic nitrogens is 1. The van der Waals surface area contributed by atoms with Crippen molar-refractivity contribution in [3.05, 3.63) is 102 Å². The SMILES string of the molecule is CO[C@H]1C[C@H](O)CC(CCn2c(-c3ccc(F)cc3)c(-c3ccccc3)c(C(=O)Nc3ccccc3)c2C(C)C)O1. The van der Waals surface area contributed by atoms with E-state index in [0.29, 0.717) is 37.1 Å². The molecule has 1 amide bonds. The van der Waals surface area contributed by atoms with Gasteiger partial charge in [-0.3, -0.25) is 4.79 Å². The number of para-hydroxylation sites is 1. The third-order valence-corrected chi connectivity index (χ3v) is 7.57. The molecule has 1 aliphatic heterocycles. The van der Waals surface area contributed by atoms with E-state index in [1.165, 1.54) is 12.1 Å². The van der Waals surface area contributed by atoms with E-state index in [9.17, 15) is 14.3 Å². The highest BCUT2D eigenvalue weighted by atomic mass is 19.1. The fourth-order valence-electron chi connectivity index (χ4n) is 5.77. The number of carbonyl (C=O) groups is 1. The number of hydrogen-bond acceptors (Lipinski definition) is 4. The zero-order chi connectivity index (χ0) is 28.9. The minimum Gasteiger partial charge on any atom is -0.393 e. The Morgan fingerprint density at radius 3 is 2.29 bits per heavy atom. The Morgan fingerprint density at radius 2 is 1.66 bits per heavy atom. The topological polar surface area (TPSA) is 72.7 Å². The van der Waals surface area contributed by atoms with Gasteiger partial charge in [-0.2, -0.15) is 0 Å². The number of amides is 1. The minimum atomic E-state index is -0.503. The van der Waals surface area contributed by atoms with Crippen LogP contribution in [0.2, 0.25) is 0 Å². The van der Waals surface area contributed by atoms with E-state index in [1.807, 2.05) is 60.7 Å². The first kappa shape index (κ1) is 28.7. The summed E-state index contributed by atoms with van der Waals surface area (Å²) in [4.78, 5) is 14.2. The van der Waals surface area contributed by atoms with Crippen molar-refractivity contribution in [3.63, 3.8) is 0 Å². The van der Waals surface area contributed by atoms with Gasteiger partial charge in [0.25, 0.3) is 5.91 Å². The van der Waals surface area contributed by atoms with Gasteiger partial charge in [-0.05, 0) is 66.3 Å². The van der Waals surface area contributed by atoms with Crippen LogP contribution in [0.1, 0.15) is 55.1 Å². The predicted molar refractivity (Wildman–Crippen MR) is 159 cm³/mol. The van der Waals surface area contributed by atoms with Gasteiger partial charge in [0.15, 0.2) is 6.29 Å². The van der Waals surface area contributed by atoms with E-state index in [0.717, 1.165) is 28.1 Å². The first-order chi connectivity index (χ1) is 19.9. The van der Waals surface area contributed by atoms with Gasteiger partial charge in [0.2, 0.25) is 0 Å². The molecule has 3 atom stereocenters. The molecule has 0 radical (unpaired) electrons. The second-order valence-electron chi connectivity index (χ2n) is 10.8.